The van der Waals surface area contributed by atoms with E-state index < -0.39 is 6.03 Å². The summed E-state index contributed by atoms with van der Waals surface area (Å²) in [6.45, 7) is 3.14. The number of hydrogen-bond donors (Lipinski definition) is 3. The molecule has 4 rings (SSSR count). The number of hydrogen-bond acceptors (Lipinski definition) is 5. The molecule has 0 atom stereocenters. The molecule has 0 bridgehead atoms. The van der Waals surface area contributed by atoms with Crippen LogP contribution >= 0.6 is 0 Å². The number of para-hydroxylation sites is 1. The van der Waals surface area contributed by atoms with Gasteiger partial charge in [0.15, 0.2) is 5.82 Å². The van der Waals surface area contributed by atoms with Gasteiger partial charge in [0.05, 0.1) is 11.0 Å². The van der Waals surface area contributed by atoms with Crippen molar-refractivity contribution in [3.8, 4) is 5.75 Å². The van der Waals surface area contributed by atoms with Gasteiger partial charge in [-0.25, -0.2) is 14.8 Å². The average Bonchev–Trinajstić information content (AvgIpc) is 3.06. The maximum absolute atomic E-state index is 11.9. The summed E-state index contributed by atoms with van der Waals surface area (Å²) in [6, 6.07) is 14.0. The van der Waals surface area contributed by atoms with Crippen LogP contribution in [0.2, 0.25) is 0 Å². The number of unbranched alkanes of at least 4 members (excludes halogenated alkanes) is 1. The summed E-state index contributed by atoms with van der Waals surface area (Å²) in [5.41, 5.74) is 14.7. The SMILES string of the molecule is Cc1nc2c(N)nc3ccc(O)cc3c2n1CCCCN(C(N)=O)c1ccccc1. The maximum Gasteiger partial charge on any atom is 0.319 e. The fourth-order valence-corrected chi connectivity index (χ4v) is 3.80. The highest BCUT2D eigenvalue weighted by Gasteiger charge is 2.16. The fraction of sp³-hybridized carbons (Fsp3) is 0.227. The zero-order valence-electron chi connectivity index (χ0n) is 16.7. The van der Waals surface area contributed by atoms with E-state index in [0.29, 0.717) is 29.9 Å². The highest BCUT2D eigenvalue weighted by atomic mass is 16.3. The zero-order chi connectivity index (χ0) is 21.3. The molecule has 2 heterocycles. The second kappa shape index (κ2) is 7.90. The van der Waals surface area contributed by atoms with E-state index in [1.165, 1.54) is 0 Å². The number of fused-ring (bicyclic) bond motifs is 3. The van der Waals surface area contributed by atoms with Crippen LogP contribution in [0.4, 0.5) is 16.3 Å². The number of aromatic hydroxyl groups is 1. The van der Waals surface area contributed by atoms with E-state index in [1.54, 1.807) is 23.1 Å². The van der Waals surface area contributed by atoms with Gasteiger partial charge in [-0.2, -0.15) is 0 Å². The van der Waals surface area contributed by atoms with Gasteiger partial charge in [0.25, 0.3) is 0 Å². The maximum atomic E-state index is 11.9. The van der Waals surface area contributed by atoms with Crippen molar-refractivity contribution in [2.24, 2.45) is 5.73 Å². The van der Waals surface area contributed by atoms with Crippen LogP contribution < -0.4 is 16.4 Å². The Kier molecular flexibility index (Phi) is 5.14. The lowest BCUT2D eigenvalue weighted by atomic mass is 10.1. The Morgan fingerprint density at radius 2 is 1.90 bits per heavy atom. The molecule has 8 heteroatoms. The van der Waals surface area contributed by atoms with Crippen molar-refractivity contribution in [1.29, 1.82) is 0 Å². The van der Waals surface area contributed by atoms with Crippen LogP contribution in [0.25, 0.3) is 21.9 Å². The average molecular weight is 404 g/mol. The van der Waals surface area contributed by atoms with Gasteiger partial charge in [-0.15, -0.1) is 0 Å². The first-order valence-electron chi connectivity index (χ1n) is 9.83. The van der Waals surface area contributed by atoms with Crippen molar-refractivity contribution < 1.29 is 9.90 Å². The minimum absolute atomic E-state index is 0.167. The number of imidazole rings is 1. The molecule has 0 saturated heterocycles. The van der Waals surface area contributed by atoms with Crippen LogP contribution in [-0.2, 0) is 6.54 Å². The lowest BCUT2D eigenvalue weighted by Crippen LogP contribution is -2.36. The quantitative estimate of drug-likeness (QED) is 0.424. The van der Waals surface area contributed by atoms with E-state index in [1.807, 2.05) is 37.3 Å². The second-order valence-electron chi connectivity index (χ2n) is 7.24. The molecule has 0 aliphatic carbocycles. The Balaban J connectivity index is 1.57. The van der Waals surface area contributed by atoms with E-state index in [4.69, 9.17) is 11.5 Å². The van der Waals surface area contributed by atoms with Gasteiger partial charge in [-0.1, -0.05) is 18.2 Å². The van der Waals surface area contributed by atoms with Crippen LogP contribution in [0.1, 0.15) is 18.7 Å². The molecule has 2 aromatic heterocycles. The van der Waals surface area contributed by atoms with Crippen molar-refractivity contribution in [2.75, 3.05) is 17.2 Å². The van der Waals surface area contributed by atoms with Gasteiger partial charge < -0.3 is 21.1 Å². The molecular formula is C22H24N6O2. The molecule has 154 valence electrons. The van der Waals surface area contributed by atoms with Gasteiger partial charge in [-0.3, -0.25) is 4.90 Å². The van der Waals surface area contributed by atoms with E-state index in [0.717, 1.165) is 35.3 Å². The highest BCUT2D eigenvalue weighted by Crippen LogP contribution is 2.31. The molecule has 0 fully saturated rings. The van der Waals surface area contributed by atoms with Crippen LogP contribution in [0.3, 0.4) is 0 Å². The van der Waals surface area contributed by atoms with E-state index in [9.17, 15) is 9.90 Å². The number of nitrogens with two attached hydrogens (primary N) is 2. The number of pyridine rings is 1. The largest absolute Gasteiger partial charge is 0.508 e. The Hall–Kier alpha value is -3.81. The summed E-state index contributed by atoms with van der Waals surface area (Å²) in [6.07, 6.45) is 1.58. The first-order valence-corrected chi connectivity index (χ1v) is 9.83. The number of urea groups is 1. The molecule has 0 unspecified atom stereocenters. The van der Waals surface area contributed by atoms with Gasteiger partial charge in [0, 0.05) is 24.2 Å². The Morgan fingerprint density at radius 1 is 1.13 bits per heavy atom. The standard InChI is InChI=1S/C22H24N6O2/c1-14-25-19-20(17-13-16(29)9-10-18(17)26-21(19)23)27(14)11-5-6-12-28(22(24)30)15-7-3-2-4-8-15/h2-4,7-10,13,29H,5-6,11-12H2,1H3,(H2,23,26)(H2,24,30). The fourth-order valence-electron chi connectivity index (χ4n) is 3.80. The van der Waals surface area contributed by atoms with Gasteiger partial charge in [-0.05, 0) is 50.1 Å². The number of aromatic nitrogens is 3. The predicted molar refractivity (Wildman–Crippen MR) is 118 cm³/mol. The Bertz CT molecular complexity index is 1220. The Labute approximate surface area is 173 Å². The summed E-state index contributed by atoms with van der Waals surface area (Å²) in [5.74, 6) is 1.36. The summed E-state index contributed by atoms with van der Waals surface area (Å²) < 4.78 is 2.09. The molecule has 5 N–H and O–H groups in total. The number of carbonyl (C=O) groups excluding carboxylic acids is 1. The molecule has 0 radical (unpaired) electrons. The number of nitrogen functional groups attached to an aromatic ring is 1. The van der Waals surface area contributed by atoms with Crippen LogP contribution in [0.5, 0.6) is 5.75 Å². The summed E-state index contributed by atoms with van der Waals surface area (Å²) in [7, 11) is 0. The summed E-state index contributed by atoms with van der Waals surface area (Å²) in [4.78, 5) is 22.4. The number of primary amides is 1. The number of carbonyl (C=O) groups is 1. The number of nitrogens with zero attached hydrogens (tertiary/aromatic N) is 4. The first-order chi connectivity index (χ1) is 14.5. The molecule has 0 aliphatic heterocycles. The lowest BCUT2D eigenvalue weighted by molar-refractivity contribution is 0.253. The van der Waals surface area contributed by atoms with E-state index in [-0.39, 0.29) is 5.75 Å². The minimum Gasteiger partial charge on any atom is -0.508 e. The Morgan fingerprint density at radius 3 is 2.63 bits per heavy atom. The highest BCUT2D eigenvalue weighted by molar-refractivity contribution is 6.07. The van der Waals surface area contributed by atoms with Crippen molar-refractivity contribution in [3.63, 3.8) is 0 Å². The zero-order valence-corrected chi connectivity index (χ0v) is 16.7. The summed E-state index contributed by atoms with van der Waals surface area (Å²) >= 11 is 0. The first kappa shape index (κ1) is 19.5. The summed E-state index contributed by atoms with van der Waals surface area (Å²) in [5, 5.41) is 10.8. The van der Waals surface area contributed by atoms with Crippen LogP contribution in [0.15, 0.2) is 48.5 Å². The third-order valence-electron chi connectivity index (χ3n) is 5.22. The molecule has 0 saturated carbocycles. The number of benzene rings is 2. The lowest BCUT2D eigenvalue weighted by Gasteiger charge is -2.20. The van der Waals surface area contributed by atoms with Crippen molar-refractivity contribution in [1.82, 2.24) is 14.5 Å². The molecular weight excluding hydrogens is 380 g/mol. The molecule has 0 aliphatic rings. The van der Waals surface area contributed by atoms with Crippen molar-refractivity contribution in [2.45, 2.75) is 26.3 Å². The number of phenolic OH excluding ortho intramolecular Hbond substituents is 1. The molecule has 0 spiro atoms. The third-order valence-corrected chi connectivity index (χ3v) is 5.22. The predicted octanol–water partition coefficient (Wildman–Crippen LogP) is 3.55. The van der Waals surface area contributed by atoms with Gasteiger partial charge in [0.2, 0.25) is 0 Å². The molecule has 2 amide bonds. The van der Waals surface area contributed by atoms with Crippen molar-refractivity contribution >= 4 is 39.5 Å². The van der Waals surface area contributed by atoms with Gasteiger partial charge in [0.1, 0.15) is 17.1 Å². The second-order valence-corrected chi connectivity index (χ2v) is 7.24. The number of rotatable bonds is 6. The number of aryl methyl sites for hydroxylation is 2. The molecule has 2 aromatic carbocycles. The van der Waals surface area contributed by atoms with Crippen molar-refractivity contribution in [3.05, 3.63) is 54.4 Å². The molecule has 4 aromatic rings. The van der Waals surface area contributed by atoms with Crippen LogP contribution in [0, 0.1) is 6.92 Å². The monoisotopic (exact) mass is 404 g/mol. The van der Waals surface area contributed by atoms with Crippen LogP contribution in [-0.4, -0.2) is 32.2 Å². The number of anilines is 2. The number of amides is 2. The third kappa shape index (κ3) is 3.59. The molecule has 30 heavy (non-hydrogen) atoms. The molecule has 8 nitrogen and oxygen atoms in total. The topological polar surface area (TPSA) is 123 Å². The van der Waals surface area contributed by atoms with Gasteiger partial charge >= 0.3 is 6.03 Å². The normalized spacial score (nSPS) is 11.2. The van der Waals surface area contributed by atoms with E-state index in [2.05, 4.69) is 14.5 Å². The minimum atomic E-state index is -0.467. The number of phenols is 1. The van der Waals surface area contributed by atoms with E-state index >= 15 is 0 Å². The smallest absolute Gasteiger partial charge is 0.319 e.